The van der Waals surface area contributed by atoms with Gasteiger partial charge in [0, 0.05) is 6.42 Å². The van der Waals surface area contributed by atoms with Crippen LogP contribution < -0.4 is 5.84 Å². The molecule has 4 nitrogen and oxygen atoms in total. The molecule has 20 heavy (non-hydrogen) atoms. The molecule has 0 aliphatic heterocycles. The molecular formula is C15H26ClN3O. The topological polar surface area (TPSA) is 49.6 Å². The zero-order valence-corrected chi connectivity index (χ0v) is 13.2. The number of nitrogens with two attached hydrogens (primary N) is 1. The minimum Gasteiger partial charge on any atom is -0.309 e. The van der Waals surface area contributed by atoms with Crippen molar-refractivity contribution in [2.45, 2.75) is 32.2 Å². The fourth-order valence-corrected chi connectivity index (χ4v) is 1.89. The fraction of sp³-hybridized carbons (Fsp3) is 0.533. The van der Waals surface area contributed by atoms with Gasteiger partial charge in [0.15, 0.2) is 0 Å². The lowest BCUT2D eigenvalue weighted by molar-refractivity contribution is -0.132. The lowest BCUT2D eigenvalue weighted by atomic mass is 10.1. The fourth-order valence-electron chi connectivity index (χ4n) is 1.89. The summed E-state index contributed by atoms with van der Waals surface area (Å²) in [4.78, 5) is 14.0. The monoisotopic (exact) mass is 299 g/mol. The van der Waals surface area contributed by atoms with Crippen LogP contribution in [-0.2, 0) is 11.3 Å². The van der Waals surface area contributed by atoms with Crippen molar-refractivity contribution < 1.29 is 4.79 Å². The van der Waals surface area contributed by atoms with Crippen LogP contribution in [0.15, 0.2) is 30.3 Å². The molecule has 0 fully saturated rings. The Morgan fingerprint density at radius 2 is 1.75 bits per heavy atom. The first kappa shape index (κ1) is 18.9. The number of carbonyl (C=O) groups excluding carboxylic acids is 1. The Balaban J connectivity index is 0.00000361. The van der Waals surface area contributed by atoms with Gasteiger partial charge in [-0.1, -0.05) is 36.8 Å². The number of benzene rings is 1. The van der Waals surface area contributed by atoms with Crippen LogP contribution in [-0.4, -0.2) is 36.5 Å². The average Bonchev–Trinajstić information content (AvgIpc) is 2.38. The van der Waals surface area contributed by atoms with Gasteiger partial charge in [-0.15, -0.1) is 12.4 Å². The van der Waals surface area contributed by atoms with Gasteiger partial charge in [0.25, 0.3) is 0 Å². The molecule has 1 rings (SSSR count). The second kappa shape index (κ2) is 10.7. The summed E-state index contributed by atoms with van der Waals surface area (Å²) in [6, 6.07) is 9.81. The molecule has 0 aliphatic rings. The summed E-state index contributed by atoms with van der Waals surface area (Å²) in [7, 11) is 4.12. The van der Waals surface area contributed by atoms with Crippen LogP contribution in [0.1, 0.15) is 31.2 Å². The second-order valence-corrected chi connectivity index (χ2v) is 5.12. The van der Waals surface area contributed by atoms with Gasteiger partial charge in [-0.25, -0.2) is 5.84 Å². The quantitative estimate of drug-likeness (QED) is 0.347. The predicted octanol–water partition coefficient (Wildman–Crippen LogP) is 2.43. The minimum absolute atomic E-state index is 0. The normalized spacial score (nSPS) is 10.2. The molecule has 1 amide bonds. The molecule has 5 heteroatoms. The third-order valence-corrected chi connectivity index (χ3v) is 3.01. The summed E-state index contributed by atoms with van der Waals surface area (Å²) < 4.78 is 0. The Morgan fingerprint density at radius 1 is 1.10 bits per heavy atom. The Kier molecular flexibility index (Phi) is 10.1. The van der Waals surface area contributed by atoms with Gasteiger partial charge in [-0.05, 0) is 39.0 Å². The molecule has 2 N–H and O–H groups in total. The van der Waals surface area contributed by atoms with Crippen molar-refractivity contribution in [1.29, 1.82) is 0 Å². The summed E-state index contributed by atoms with van der Waals surface area (Å²) in [5.74, 6) is 5.81. The van der Waals surface area contributed by atoms with Crippen molar-refractivity contribution in [1.82, 2.24) is 9.91 Å². The first-order valence-electron chi connectivity index (χ1n) is 6.83. The van der Waals surface area contributed by atoms with Crippen molar-refractivity contribution in [2.24, 2.45) is 5.84 Å². The minimum atomic E-state index is 0. The maximum atomic E-state index is 11.8. The molecule has 0 aliphatic carbocycles. The van der Waals surface area contributed by atoms with Crippen molar-refractivity contribution in [2.75, 3.05) is 20.6 Å². The molecule has 1 aromatic carbocycles. The third kappa shape index (κ3) is 8.15. The third-order valence-electron chi connectivity index (χ3n) is 3.01. The number of halogens is 1. The van der Waals surface area contributed by atoms with E-state index >= 15 is 0 Å². The van der Waals surface area contributed by atoms with Crippen LogP contribution in [0.25, 0.3) is 0 Å². The van der Waals surface area contributed by atoms with Gasteiger partial charge in [-0.3, -0.25) is 9.80 Å². The van der Waals surface area contributed by atoms with Crippen molar-refractivity contribution in [3.8, 4) is 0 Å². The standard InChI is InChI=1S/C15H25N3O.ClH/c1-17(2)12-8-4-7-11-15(19)18(16)13-14-9-5-3-6-10-14;/h3,5-6,9-10H,4,7-8,11-13,16H2,1-2H3;1H. The van der Waals surface area contributed by atoms with Gasteiger partial charge in [0.1, 0.15) is 0 Å². The van der Waals surface area contributed by atoms with Crippen molar-refractivity contribution in [3.05, 3.63) is 35.9 Å². The SMILES string of the molecule is CN(C)CCCCCC(=O)N(N)Cc1ccccc1.Cl. The highest BCUT2D eigenvalue weighted by Crippen LogP contribution is 2.06. The number of hydrogen-bond acceptors (Lipinski definition) is 3. The van der Waals surface area contributed by atoms with Gasteiger partial charge in [-0.2, -0.15) is 0 Å². The molecule has 0 heterocycles. The first-order chi connectivity index (χ1) is 9.09. The average molecular weight is 300 g/mol. The number of rotatable bonds is 8. The maximum Gasteiger partial charge on any atom is 0.236 e. The van der Waals surface area contributed by atoms with Gasteiger partial charge >= 0.3 is 0 Å². The summed E-state index contributed by atoms with van der Waals surface area (Å²) in [6.45, 7) is 1.56. The number of hydrogen-bond donors (Lipinski definition) is 1. The molecule has 0 atom stereocenters. The Bertz CT molecular complexity index is 371. The highest BCUT2D eigenvalue weighted by Gasteiger charge is 2.09. The number of hydrazine groups is 1. The molecule has 1 aromatic rings. The number of unbranched alkanes of at least 4 members (excludes halogenated alkanes) is 2. The molecule has 0 aromatic heterocycles. The van der Waals surface area contributed by atoms with E-state index in [1.165, 1.54) is 5.01 Å². The summed E-state index contributed by atoms with van der Waals surface area (Å²) in [5, 5.41) is 1.32. The molecule has 0 saturated carbocycles. The molecule has 0 saturated heterocycles. The smallest absolute Gasteiger partial charge is 0.236 e. The highest BCUT2D eigenvalue weighted by atomic mass is 35.5. The molecule has 0 unspecified atom stereocenters. The van der Waals surface area contributed by atoms with E-state index in [-0.39, 0.29) is 18.3 Å². The zero-order valence-electron chi connectivity index (χ0n) is 12.4. The largest absolute Gasteiger partial charge is 0.309 e. The van der Waals surface area contributed by atoms with Crippen molar-refractivity contribution >= 4 is 18.3 Å². The lowest BCUT2D eigenvalue weighted by Gasteiger charge is -2.16. The van der Waals surface area contributed by atoms with Crippen molar-refractivity contribution in [3.63, 3.8) is 0 Å². The van der Waals surface area contributed by atoms with Crippen LogP contribution >= 0.6 is 12.4 Å². The Hall–Kier alpha value is -1.10. The van der Waals surface area contributed by atoms with E-state index in [1.807, 2.05) is 30.3 Å². The van der Waals surface area contributed by atoms with Crippen LogP contribution in [0.4, 0.5) is 0 Å². The second-order valence-electron chi connectivity index (χ2n) is 5.12. The number of carbonyl (C=O) groups is 1. The predicted molar refractivity (Wildman–Crippen MR) is 85.4 cm³/mol. The van der Waals surface area contributed by atoms with Crippen LogP contribution in [0.5, 0.6) is 0 Å². The molecular weight excluding hydrogens is 274 g/mol. The summed E-state index contributed by atoms with van der Waals surface area (Å²) in [6.07, 6.45) is 3.65. The molecule has 114 valence electrons. The Labute approximate surface area is 128 Å². The summed E-state index contributed by atoms with van der Waals surface area (Å²) >= 11 is 0. The van der Waals surface area contributed by atoms with E-state index in [0.717, 1.165) is 31.4 Å². The van der Waals surface area contributed by atoms with E-state index in [9.17, 15) is 4.79 Å². The maximum absolute atomic E-state index is 11.8. The van der Waals surface area contributed by atoms with E-state index in [2.05, 4.69) is 19.0 Å². The van der Waals surface area contributed by atoms with Gasteiger partial charge in [0.05, 0.1) is 6.54 Å². The van der Waals surface area contributed by atoms with Crippen LogP contribution in [0.2, 0.25) is 0 Å². The van der Waals surface area contributed by atoms with Crippen LogP contribution in [0.3, 0.4) is 0 Å². The van der Waals surface area contributed by atoms with Gasteiger partial charge < -0.3 is 4.90 Å². The van der Waals surface area contributed by atoms with Crippen LogP contribution in [0, 0.1) is 0 Å². The summed E-state index contributed by atoms with van der Waals surface area (Å²) in [5.41, 5.74) is 1.06. The molecule has 0 bridgehead atoms. The highest BCUT2D eigenvalue weighted by molar-refractivity contribution is 5.85. The lowest BCUT2D eigenvalue weighted by Crippen LogP contribution is -2.36. The van der Waals surface area contributed by atoms with E-state index < -0.39 is 0 Å². The molecule has 0 spiro atoms. The number of amides is 1. The van der Waals surface area contributed by atoms with E-state index in [4.69, 9.17) is 5.84 Å². The zero-order chi connectivity index (χ0) is 14.1. The van der Waals surface area contributed by atoms with E-state index in [1.54, 1.807) is 0 Å². The number of nitrogens with zero attached hydrogens (tertiary/aromatic N) is 2. The van der Waals surface area contributed by atoms with E-state index in [0.29, 0.717) is 13.0 Å². The Morgan fingerprint density at radius 3 is 2.35 bits per heavy atom. The molecule has 0 radical (unpaired) electrons. The van der Waals surface area contributed by atoms with Gasteiger partial charge in [0.2, 0.25) is 5.91 Å². The first-order valence-corrected chi connectivity index (χ1v) is 6.83.